The van der Waals surface area contributed by atoms with Crippen molar-refractivity contribution in [3.63, 3.8) is 0 Å². The smallest absolute Gasteiger partial charge is 0.342 e. The quantitative estimate of drug-likeness (QED) is 0.290. The summed E-state index contributed by atoms with van der Waals surface area (Å²) in [5.74, 6) is 0. The third kappa shape index (κ3) is 3.02. The number of ether oxygens (including phenoxy) is 1. The topological polar surface area (TPSA) is 192 Å². The fraction of sp³-hybridized carbons (Fsp3) is 0.385. The molecule has 0 bridgehead atoms. The summed E-state index contributed by atoms with van der Waals surface area (Å²) in [4.78, 5) is 37.3. The van der Waals surface area contributed by atoms with Gasteiger partial charge in [0.2, 0.25) is 0 Å². The van der Waals surface area contributed by atoms with Gasteiger partial charge in [-0.25, -0.2) is 24.8 Å². The van der Waals surface area contributed by atoms with E-state index in [4.69, 9.17) is 4.74 Å². The van der Waals surface area contributed by atoms with Crippen LogP contribution in [0.4, 0.5) is 0 Å². The average molecular weight is 395 g/mol. The van der Waals surface area contributed by atoms with Gasteiger partial charge in [-0.1, -0.05) is 0 Å². The van der Waals surface area contributed by atoms with E-state index < -0.39 is 42.4 Å². The molecule has 14 heteroatoms. The lowest BCUT2D eigenvalue weighted by Crippen LogP contribution is -2.33. The van der Waals surface area contributed by atoms with E-state index >= 15 is 0 Å². The van der Waals surface area contributed by atoms with Gasteiger partial charge in [0.05, 0.1) is 12.9 Å². The summed E-state index contributed by atoms with van der Waals surface area (Å²) in [6.07, 6.45) is -1.95. The molecule has 0 aliphatic carbocycles. The molecule has 4 rings (SSSR count). The Kier molecular flexibility index (Phi) is 4.48. The number of nitrogens with one attached hydrogen (secondary N) is 2. The van der Waals surface area contributed by atoms with E-state index in [-0.39, 0.29) is 15.7 Å². The summed E-state index contributed by atoms with van der Waals surface area (Å²) in [7, 11) is 0. The number of nitrogens with zero attached hydrogens (tertiary/aromatic N) is 5. The first-order valence-corrected chi connectivity index (χ1v) is 8.48. The maximum Gasteiger partial charge on any atom is 0.342 e. The molecule has 0 aromatic carbocycles. The molecule has 0 radical (unpaired) electrons. The Balaban J connectivity index is 1.72. The van der Waals surface area contributed by atoms with Gasteiger partial charge in [0, 0.05) is 0 Å². The van der Waals surface area contributed by atoms with Crippen molar-refractivity contribution in [2.24, 2.45) is 0 Å². The van der Waals surface area contributed by atoms with Crippen LogP contribution in [0, 0.1) is 0 Å². The van der Waals surface area contributed by atoms with Gasteiger partial charge in [-0.3, -0.25) is 14.3 Å². The van der Waals surface area contributed by atoms with Crippen LogP contribution >= 0.6 is 11.8 Å². The highest BCUT2D eigenvalue weighted by Gasteiger charge is 2.44. The lowest BCUT2D eigenvalue weighted by atomic mass is 10.1. The van der Waals surface area contributed by atoms with Gasteiger partial charge >= 0.3 is 5.69 Å². The zero-order valence-corrected chi connectivity index (χ0v) is 14.2. The number of hydrogen-bond donors (Lipinski definition) is 5. The molecule has 142 valence electrons. The van der Waals surface area contributed by atoms with Crippen LogP contribution in [0.3, 0.4) is 0 Å². The second-order valence-corrected chi connectivity index (χ2v) is 6.62. The molecule has 13 nitrogen and oxygen atoms in total. The number of aromatic nitrogens is 7. The van der Waals surface area contributed by atoms with Gasteiger partial charge in [-0.2, -0.15) is 5.10 Å². The van der Waals surface area contributed by atoms with E-state index in [1.54, 1.807) is 0 Å². The molecule has 4 atom stereocenters. The fourth-order valence-corrected chi connectivity index (χ4v) is 3.46. The third-order valence-electron chi connectivity index (χ3n) is 3.99. The van der Waals surface area contributed by atoms with E-state index in [1.165, 1.54) is 17.2 Å². The molecule has 4 heterocycles. The molecular weight excluding hydrogens is 382 g/mol. The van der Waals surface area contributed by atoms with Crippen molar-refractivity contribution < 1.29 is 20.1 Å². The van der Waals surface area contributed by atoms with Crippen LogP contribution in [0.5, 0.6) is 0 Å². The first-order chi connectivity index (χ1) is 13.0. The Morgan fingerprint density at radius 2 is 2.00 bits per heavy atom. The number of aromatic amines is 2. The normalized spacial score (nSPS) is 25.3. The van der Waals surface area contributed by atoms with Crippen LogP contribution in [-0.4, -0.2) is 74.9 Å². The Morgan fingerprint density at radius 1 is 1.19 bits per heavy atom. The van der Waals surface area contributed by atoms with Gasteiger partial charge in [0.25, 0.3) is 5.56 Å². The number of aliphatic hydroxyl groups is 3. The lowest BCUT2D eigenvalue weighted by molar-refractivity contribution is -0.0511. The van der Waals surface area contributed by atoms with Gasteiger partial charge in [-0.15, -0.1) is 0 Å². The summed E-state index contributed by atoms with van der Waals surface area (Å²) in [6, 6.07) is 0. The molecule has 0 spiro atoms. The Bertz CT molecular complexity index is 1100. The fourth-order valence-electron chi connectivity index (χ4n) is 2.70. The second-order valence-electron chi connectivity index (χ2n) is 5.65. The summed E-state index contributed by atoms with van der Waals surface area (Å²) in [5.41, 5.74) is -0.833. The minimum absolute atomic E-state index is 0.0444. The monoisotopic (exact) mass is 395 g/mol. The van der Waals surface area contributed by atoms with E-state index in [2.05, 4.69) is 30.1 Å². The largest absolute Gasteiger partial charge is 0.394 e. The predicted octanol–water partition coefficient (Wildman–Crippen LogP) is -2.64. The molecule has 3 aromatic heterocycles. The van der Waals surface area contributed by atoms with Gasteiger partial charge in [0.15, 0.2) is 16.9 Å². The SMILES string of the molecule is O=c1[nH]nc(Sc2ncnc3c2ncn3C2OC(CO)C(O)C2O)c(=O)[nH]1. The molecule has 0 amide bonds. The highest BCUT2D eigenvalue weighted by atomic mass is 32.2. The van der Waals surface area contributed by atoms with E-state index in [0.29, 0.717) is 5.52 Å². The van der Waals surface area contributed by atoms with Crippen molar-refractivity contribution in [1.82, 2.24) is 34.7 Å². The second kappa shape index (κ2) is 6.82. The molecule has 5 N–H and O–H groups in total. The molecule has 3 aromatic rings. The van der Waals surface area contributed by atoms with E-state index in [1.807, 2.05) is 0 Å². The molecule has 1 fully saturated rings. The molecule has 27 heavy (non-hydrogen) atoms. The Labute approximate surface area is 153 Å². The van der Waals surface area contributed by atoms with Crippen LogP contribution in [0.2, 0.25) is 0 Å². The van der Waals surface area contributed by atoms with Crippen LogP contribution in [0.25, 0.3) is 11.2 Å². The standard InChI is InChI=1S/C13H13N7O6S/c21-1-4-6(22)7(23)12(26-4)20-3-16-5-8(20)14-2-15-10(5)27-11-9(24)17-13(25)19-18-11/h2-4,6-7,12,21-23H,1H2,(H2,17,19,24,25). The van der Waals surface area contributed by atoms with Crippen LogP contribution < -0.4 is 11.2 Å². The zero-order chi connectivity index (χ0) is 19.1. The van der Waals surface area contributed by atoms with Crippen molar-refractivity contribution in [2.75, 3.05) is 6.61 Å². The average Bonchev–Trinajstić information content (AvgIpc) is 3.20. The third-order valence-corrected chi connectivity index (χ3v) is 4.95. The van der Waals surface area contributed by atoms with E-state index in [9.17, 15) is 24.9 Å². The van der Waals surface area contributed by atoms with Crippen molar-refractivity contribution >= 4 is 22.9 Å². The summed E-state index contributed by atoms with van der Waals surface area (Å²) in [6.45, 7) is -0.460. The number of imidazole rings is 1. The van der Waals surface area contributed by atoms with Gasteiger partial charge in [0.1, 0.15) is 35.2 Å². The number of H-pyrrole nitrogens is 2. The highest BCUT2D eigenvalue weighted by molar-refractivity contribution is 7.99. The van der Waals surface area contributed by atoms with Crippen molar-refractivity contribution in [1.29, 1.82) is 0 Å². The summed E-state index contributed by atoms with van der Waals surface area (Å²) >= 11 is 0.870. The maximum atomic E-state index is 11.8. The molecule has 1 aliphatic heterocycles. The van der Waals surface area contributed by atoms with Crippen LogP contribution in [0.15, 0.2) is 32.3 Å². The first kappa shape index (κ1) is 17.7. The predicted molar refractivity (Wildman–Crippen MR) is 87.9 cm³/mol. The van der Waals surface area contributed by atoms with Crippen molar-refractivity contribution in [2.45, 2.75) is 34.6 Å². The molecule has 1 aliphatic rings. The summed E-state index contributed by atoms with van der Waals surface area (Å²) in [5, 5.41) is 35.4. The molecular formula is C13H13N7O6S. The first-order valence-electron chi connectivity index (χ1n) is 7.66. The minimum atomic E-state index is -1.30. The lowest BCUT2D eigenvalue weighted by Gasteiger charge is -2.16. The van der Waals surface area contributed by atoms with Crippen molar-refractivity contribution in [3.8, 4) is 0 Å². The molecule has 4 unspecified atom stereocenters. The van der Waals surface area contributed by atoms with Crippen LogP contribution in [-0.2, 0) is 4.74 Å². The van der Waals surface area contributed by atoms with E-state index in [0.717, 1.165) is 11.8 Å². The van der Waals surface area contributed by atoms with Gasteiger partial charge in [-0.05, 0) is 11.8 Å². The summed E-state index contributed by atoms with van der Waals surface area (Å²) < 4.78 is 6.87. The van der Waals surface area contributed by atoms with Gasteiger partial charge < -0.3 is 20.1 Å². The molecule has 1 saturated heterocycles. The maximum absolute atomic E-state index is 11.8. The van der Waals surface area contributed by atoms with Crippen molar-refractivity contribution in [3.05, 3.63) is 33.5 Å². The number of hydrogen-bond acceptors (Lipinski definition) is 11. The number of rotatable bonds is 4. The Hall–Kier alpha value is -2.65. The number of fused-ring (bicyclic) bond motifs is 1. The zero-order valence-electron chi connectivity index (χ0n) is 13.4. The highest BCUT2D eigenvalue weighted by Crippen LogP contribution is 2.33. The minimum Gasteiger partial charge on any atom is -0.394 e. The molecule has 0 saturated carbocycles. The Morgan fingerprint density at radius 3 is 2.70 bits per heavy atom. The van der Waals surface area contributed by atoms with Crippen LogP contribution in [0.1, 0.15) is 6.23 Å². The number of aliphatic hydroxyl groups excluding tert-OH is 3.